The van der Waals surface area contributed by atoms with E-state index in [0.717, 1.165) is 12.3 Å². The fourth-order valence-electron chi connectivity index (χ4n) is 2.82. The van der Waals surface area contributed by atoms with Crippen LogP contribution in [-0.2, 0) is 17.1 Å². The van der Waals surface area contributed by atoms with E-state index < -0.39 is 5.97 Å². The van der Waals surface area contributed by atoms with Gasteiger partial charge in [-0.2, -0.15) is 0 Å². The van der Waals surface area contributed by atoms with Gasteiger partial charge in [0.25, 0.3) is 0 Å². The molecule has 0 aliphatic carbocycles. The van der Waals surface area contributed by atoms with Crippen LogP contribution in [0.15, 0.2) is 47.4 Å². The fourth-order valence-corrected chi connectivity index (χ4v) is 3.77. The van der Waals surface area contributed by atoms with Gasteiger partial charge in [-0.25, -0.2) is 0 Å². The van der Waals surface area contributed by atoms with E-state index in [-0.39, 0.29) is 5.92 Å². The van der Waals surface area contributed by atoms with Gasteiger partial charge in [-0.3, -0.25) is 9.69 Å². The van der Waals surface area contributed by atoms with Crippen LogP contribution in [0.25, 0.3) is 0 Å². The van der Waals surface area contributed by atoms with Gasteiger partial charge in [0.15, 0.2) is 0 Å². The summed E-state index contributed by atoms with van der Waals surface area (Å²) in [6.45, 7) is 4.33. The maximum absolute atomic E-state index is 10.8. The lowest BCUT2D eigenvalue weighted by Crippen LogP contribution is -2.49. The van der Waals surface area contributed by atoms with Crippen molar-refractivity contribution in [1.82, 2.24) is 4.90 Å². The predicted molar refractivity (Wildman–Crippen MR) is 102 cm³/mol. The second-order valence-electron chi connectivity index (χ2n) is 6.58. The Balaban J connectivity index is 1.49. The molecule has 1 heterocycles. The number of rotatable bonds is 6. The van der Waals surface area contributed by atoms with Gasteiger partial charge in [0.1, 0.15) is 7.85 Å². The lowest BCUT2D eigenvalue weighted by Gasteiger charge is -2.36. The zero-order valence-corrected chi connectivity index (χ0v) is 15.0. The van der Waals surface area contributed by atoms with Crippen LogP contribution in [0.4, 0.5) is 0 Å². The van der Waals surface area contributed by atoms with Crippen molar-refractivity contribution in [1.29, 1.82) is 0 Å². The maximum atomic E-state index is 10.8. The van der Waals surface area contributed by atoms with Crippen LogP contribution in [-0.4, -0.2) is 36.9 Å². The highest BCUT2D eigenvalue weighted by molar-refractivity contribution is 7.98. The summed E-state index contributed by atoms with van der Waals surface area (Å²) in [5.74, 6) is 0.108. The normalized spacial score (nSPS) is 15.2. The number of carbonyl (C=O) groups is 1. The molecule has 1 aliphatic rings. The first-order valence-corrected chi connectivity index (χ1v) is 9.23. The number of aliphatic carboxylic acids is 1. The quantitative estimate of drug-likeness (QED) is 0.646. The number of hydrogen-bond donors (Lipinski definition) is 1. The number of hydrogen-bond acceptors (Lipinski definition) is 3. The van der Waals surface area contributed by atoms with Gasteiger partial charge in [-0.15, -0.1) is 11.8 Å². The first-order chi connectivity index (χ1) is 11.5. The standard InChI is InChI=1S/C19H22BNO2S/c1-13-8-17(6-7-18(13)20)24-12-15-4-2-14(3-5-15)9-21-10-16(11-21)19(22)23/h2-8,16H,9-12,20H2,1H3,(H,22,23). The van der Waals surface area contributed by atoms with Crippen molar-refractivity contribution >= 4 is 31.0 Å². The Hall–Kier alpha value is -1.72. The molecule has 3 nitrogen and oxygen atoms in total. The summed E-state index contributed by atoms with van der Waals surface area (Å²) in [5.41, 5.74) is 5.23. The summed E-state index contributed by atoms with van der Waals surface area (Å²) >= 11 is 1.86. The molecule has 0 bridgehead atoms. The molecule has 1 saturated heterocycles. The van der Waals surface area contributed by atoms with E-state index in [9.17, 15) is 4.79 Å². The highest BCUT2D eigenvalue weighted by Gasteiger charge is 2.31. The Morgan fingerprint density at radius 1 is 1.21 bits per heavy atom. The van der Waals surface area contributed by atoms with Gasteiger partial charge in [-0.05, 0) is 30.2 Å². The topological polar surface area (TPSA) is 40.5 Å². The average Bonchev–Trinajstić information content (AvgIpc) is 2.52. The largest absolute Gasteiger partial charge is 0.481 e. The molecule has 5 heteroatoms. The van der Waals surface area contributed by atoms with E-state index in [1.54, 1.807) is 0 Å². The Kier molecular flexibility index (Phi) is 5.31. The minimum Gasteiger partial charge on any atom is -0.481 e. The lowest BCUT2D eigenvalue weighted by molar-refractivity contribution is -0.147. The fraction of sp³-hybridized carbons (Fsp3) is 0.316. The third-order valence-electron chi connectivity index (χ3n) is 4.62. The summed E-state index contributed by atoms with van der Waals surface area (Å²) in [7, 11) is 2.14. The third kappa shape index (κ3) is 4.22. The molecule has 0 atom stereocenters. The first kappa shape index (κ1) is 17.1. The van der Waals surface area contributed by atoms with Crippen molar-refractivity contribution in [3.8, 4) is 0 Å². The molecule has 1 N–H and O–H groups in total. The summed E-state index contributed by atoms with van der Waals surface area (Å²) < 4.78 is 0. The summed E-state index contributed by atoms with van der Waals surface area (Å²) in [4.78, 5) is 14.3. The Bertz CT molecular complexity index is 727. The van der Waals surface area contributed by atoms with E-state index in [2.05, 4.69) is 62.1 Å². The van der Waals surface area contributed by atoms with Crippen LogP contribution in [0, 0.1) is 12.8 Å². The van der Waals surface area contributed by atoms with Crippen molar-refractivity contribution in [2.45, 2.75) is 24.1 Å². The van der Waals surface area contributed by atoms with E-state index in [1.807, 2.05) is 11.8 Å². The molecule has 3 rings (SSSR count). The molecule has 2 aromatic carbocycles. The maximum Gasteiger partial charge on any atom is 0.309 e. The van der Waals surface area contributed by atoms with Gasteiger partial charge < -0.3 is 5.11 Å². The number of thioether (sulfide) groups is 1. The van der Waals surface area contributed by atoms with Crippen LogP contribution in [0.2, 0.25) is 0 Å². The molecule has 1 aliphatic heterocycles. The molecule has 1 fully saturated rings. The first-order valence-electron chi connectivity index (χ1n) is 8.24. The molecule has 0 amide bonds. The Morgan fingerprint density at radius 2 is 1.88 bits per heavy atom. The number of likely N-dealkylation sites (tertiary alicyclic amines) is 1. The van der Waals surface area contributed by atoms with Gasteiger partial charge in [-0.1, -0.05) is 41.4 Å². The zero-order chi connectivity index (χ0) is 17.1. The molecular formula is C19H22BNO2S. The minimum atomic E-state index is -0.676. The molecule has 24 heavy (non-hydrogen) atoms. The average molecular weight is 339 g/mol. The smallest absolute Gasteiger partial charge is 0.309 e. The predicted octanol–water partition coefficient (Wildman–Crippen LogP) is 2.06. The molecule has 0 radical (unpaired) electrons. The van der Waals surface area contributed by atoms with Gasteiger partial charge in [0, 0.05) is 30.3 Å². The molecule has 0 unspecified atom stereocenters. The minimum absolute atomic E-state index is 0.182. The second kappa shape index (κ2) is 7.45. The van der Waals surface area contributed by atoms with Crippen molar-refractivity contribution in [3.05, 3.63) is 59.2 Å². The summed E-state index contributed by atoms with van der Waals surface area (Å²) in [5, 5.41) is 8.91. The highest BCUT2D eigenvalue weighted by atomic mass is 32.2. The molecule has 0 aromatic heterocycles. The van der Waals surface area contributed by atoms with Gasteiger partial charge in [0.05, 0.1) is 5.92 Å². The second-order valence-corrected chi connectivity index (χ2v) is 7.63. The van der Waals surface area contributed by atoms with Crippen LogP contribution in [0.1, 0.15) is 16.7 Å². The van der Waals surface area contributed by atoms with Crippen molar-refractivity contribution in [3.63, 3.8) is 0 Å². The number of carboxylic acid groups (broad SMARTS) is 1. The van der Waals surface area contributed by atoms with Crippen molar-refractivity contribution < 1.29 is 9.90 Å². The van der Waals surface area contributed by atoms with Crippen molar-refractivity contribution in [2.75, 3.05) is 13.1 Å². The number of nitrogens with zero attached hydrogens (tertiary/aromatic N) is 1. The molecule has 0 saturated carbocycles. The van der Waals surface area contributed by atoms with Crippen LogP contribution in [0.3, 0.4) is 0 Å². The van der Waals surface area contributed by atoms with Gasteiger partial charge in [0.2, 0.25) is 0 Å². The molecular weight excluding hydrogens is 317 g/mol. The highest BCUT2D eigenvalue weighted by Crippen LogP contribution is 2.24. The molecule has 2 aromatic rings. The van der Waals surface area contributed by atoms with Crippen molar-refractivity contribution in [2.24, 2.45) is 5.92 Å². The number of carboxylic acids is 1. The summed E-state index contributed by atoms with van der Waals surface area (Å²) in [6, 6.07) is 15.3. The van der Waals surface area contributed by atoms with E-state index in [4.69, 9.17) is 5.11 Å². The molecule has 124 valence electrons. The van der Waals surface area contributed by atoms with Crippen LogP contribution < -0.4 is 5.46 Å². The SMILES string of the molecule is Bc1ccc(SCc2ccc(CN3CC(C(=O)O)C3)cc2)cc1C. The summed E-state index contributed by atoms with van der Waals surface area (Å²) in [6.07, 6.45) is 0. The molecule has 0 spiro atoms. The Morgan fingerprint density at radius 3 is 2.50 bits per heavy atom. The number of benzene rings is 2. The number of aryl methyl sites for hydroxylation is 1. The lowest BCUT2D eigenvalue weighted by atomic mass is 9.92. The Labute approximate surface area is 148 Å². The third-order valence-corrected chi connectivity index (χ3v) is 5.68. The monoisotopic (exact) mass is 339 g/mol. The van der Waals surface area contributed by atoms with E-state index in [0.29, 0.717) is 13.1 Å². The van der Waals surface area contributed by atoms with Crippen LogP contribution >= 0.6 is 11.8 Å². The zero-order valence-electron chi connectivity index (χ0n) is 14.2. The van der Waals surface area contributed by atoms with E-state index >= 15 is 0 Å². The van der Waals surface area contributed by atoms with E-state index in [1.165, 1.54) is 27.0 Å². The van der Waals surface area contributed by atoms with Gasteiger partial charge >= 0.3 is 5.97 Å². The van der Waals surface area contributed by atoms with Crippen LogP contribution in [0.5, 0.6) is 0 Å².